The lowest BCUT2D eigenvalue weighted by molar-refractivity contribution is -0.115. The van der Waals surface area contributed by atoms with Crippen LogP contribution in [0, 0.1) is 6.92 Å². The molecule has 0 saturated heterocycles. The molecule has 0 aromatic heterocycles. The molecule has 0 saturated carbocycles. The topological polar surface area (TPSA) is 49.4 Å². The molecular formula is C18H20N2O2S. The zero-order valence-electron chi connectivity index (χ0n) is 13.5. The van der Waals surface area contributed by atoms with E-state index in [0.717, 1.165) is 33.5 Å². The summed E-state index contributed by atoms with van der Waals surface area (Å²) in [6, 6.07) is 15.1. The van der Waals surface area contributed by atoms with Gasteiger partial charge in [0.05, 0.1) is 6.42 Å². The van der Waals surface area contributed by atoms with Gasteiger partial charge in [-0.1, -0.05) is 24.3 Å². The van der Waals surface area contributed by atoms with Gasteiger partial charge in [-0.3, -0.25) is 9.59 Å². The molecule has 0 aliphatic carbocycles. The highest BCUT2D eigenvalue weighted by atomic mass is 32.2. The molecule has 4 nitrogen and oxygen atoms in total. The highest BCUT2D eigenvalue weighted by Crippen LogP contribution is 2.22. The molecule has 23 heavy (non-hydrogen) atoms. The summed E-state index contributed by atoms with van der Waals surface area (Å²) in [7, 11) is 3.44. The third kappa shape index (κ3) is 5.14. The van der Waals surface area contributed by atoms with E-state index in [4.69, 9.17) is 0 Å². The summed E-state index contributed by atoms with van der Waals surface area (Å²) in [4.78, 5) is 26.1. The van der Waals surface area contributed by atoms with Crippen molar-refractivity contribution < 1.29 is 9.59 Å². The van der Waals surface area contributed by atoms with Gasteiger partial charge >= 0.3 is 0 Å². The molecular weight excluding hydrogens is 308 g/mol. The Hall–Kier alpha value is -2.27. The van der Waals surface area contributed by atoms with Crippen molar-refractivity contribution in [3.63, 3.8) is 0 Å². The number of carbonyl (C=O) groups excluding carboxylic acids is 2. The first kappa shape index (κ1) is 17.1. The summed E-state index contributed by atoms with van der Waals surface area (Å²) in [6.45, 7) is 2.00. The monoisotopic (exact) mass is 328 g/mol. The van der Waals surface area contributed by atoms with Crippen LogP contribution < -0.4 is 5.32 Å². The molecule has 120 valence electrons. The summed E-state index contributed by atoms with van der Waals surface area (Å²) < 4.78 is 0. The van der Waals surface area contributed by atoms with E-state index in [-0.39, 0.29) is 11.1 Å². The van der Waals surface area contributed by atoms with E-state index in [1.165, 1.54) is 4.90 Å². The van der Waals surface area contributed by atoms with Crippen LogP contribution in [-0.4, -0.2) is 30.1 Å². The molecule has 2 aromatic rings. The minimum atomic E-state index is -0.0518. The number of benzene rings is 2. The molecule has 2 amide bonds. The standard InChI is InChI=1S/C18H20N2O2S/c1-13-6-4-5-7-14(13)12-17(21)19-15-8-10-16(11-9-15)23-18(22)20(2)3/h4-11H,12H2,1-3H3,(H,19,21). The smallest absolute Gasteiger partial charge is 0.285 e. The van der Waals surface area contributed by atoms with Crippen molar-refractivity contribution in [2.75, 3.05) is 19.4 Å². The molecule has 0 radical (unpaired) electrons. The van der Waals surface area contributed by atoms with E-state index in [0.29, 0.717) is 6.42 Å². The zero-order chi connectivity index (χ0) is 16.8. The lowest BCUT2D eigenvalue weighted by Crippen LogP contribution is -2.16. The molecule has 0 atom stereocenters. The Morgan fingerprint density at radius 3 is 2.30 bits per heavy atom. The highest BCUT2D eigenvalue weighted by Gasteiger charge is 2.08. The predicted molar refractivity (Wildman–Crippen MR) is 94.9 cm³/mol. The van der Waals surface area contributed by atoms with Crippen molar-refractivity contribution in [1.82, 2.24) is 4.90 Å². The summed E-state index contributed by atoms with van der Waals surface area (Å²) >= 11 is 1.16. The molecule has 0 fully saturated rings. The SMILES string of the molecule is Cc1ccccc1CC(=O)Nc1ccc(SC(=O)N(C)C)cc1. The highest BCUT2D eigenvalue weighted by molar-refractivity contribution is 8.13. The molecule has 5 heteroatoms. The third-order valence-corrected chi connectivity index (χ3v) is 4.37. The summed E-state index contributed by atoms with van der Waals surface area (Å²) in [5.74, 6) is -0.0518. The van der Waals surface area contributed by atoms with Crippen molar-refractivity contribution in [3.05, 3.63) is 59.7 Å². The minimum absolute atomic E-state index is 0.0265. The van der Waals surface area contributed by atoms with E-state index in [1.807, 2.05) is 43.3 Å². The fourth-order valence-electron chi connectivity index (χ4n) is 1.99. The Balaban J connectivity index is 1.94. The Morgan fingerprint density at radius 2 is 1.70 bits per heavy atom. The fraction of sp³-hybridized carbons (Fsp3) is 0.222. The maximum Gasteiger partial charge on any atom is 0.285 e. The van der Waals surface area contributed by atoms with Gasteiger partial charge in [0.1, 0.15) is 0 Å². The van der Waals surface area contributed by atoms with Crippen molar-refractivity contribution >= 4 is 28.6 Å². The second kappa shape index (κ2) is 7.83. The zero-order valence-corrected chi connectivity index (χ0v) is 14.3. The van der Waals surface area contributed by atoms with Crippen LogP contribution in [0.1, 0.15) is 11.1 Å². The van der Waals surface area contributed by atoms with Crippen molar-refractivity contribution in [3.8, 4) is 0 Å². The average Bonchev–Trinajstić information content (AvgIpc) is 2.51. The minimum Gasteiger partial charge on any atom is -0.339 e. The van der Waals surface area contributed by atoms with Gasteiger partial charge in [0.2, 0.25) is 5.91 Å². The first-order chi connectivity index (χ1) is 11.0. The molecule has 2 aromatic carbocycles. The van der Waals surface area contributed by atoms with Gasteiger partial charge in [0.15, 0.2) is 0 Å². The van der Waals surface area contributed by atoms with Gasteiger partial charge < -0.3 is 10.2 Å². The Kier molecular flexibility index (Phi) is 5.82. The summed E-state index contributed by atoms with van der Waals surface area (Å²) in [5.41, 5.74) is 2.86. The molecule has 0 aliphatic heterocycles. The maximum atomic E-state index is 12.1. The second-order valence-electron chi connectivity index (χ2n) is 5.44. The van der Waals surface area contributed by atoms with E-state index >= 15 is 0 Å². The van der Waals surface area contributed by atoms with E-state index < -0.39 is 0 Å². The van der Waals surface area contributed by atoms with Crippen LogP contribution in [-0.2, 0) is 11.2 Å². The number of nitrogens with zero attached hydrogens (tertiary/aromatic N) is 1. The molecule has 0 spiro atoms. The van der Waals surface area contributed by atoms with Gasteiger partial charge in [-0.05, 0) is 54.1 Å². The summed E-state index contributed by atoms with van der Waals surface area (Å²) in [5, 5.41) is 2.85. The number of carbonyl (C=O) groups is 2. The molecule has 0 heterocycles. The number of nitrogens with one attached hydrogen (secondary N) is 1. The quantitative estimate of drug-likeness (QED) is 0.865. The Bertz CT molecular complexity index is 696. The maximum absolute atomic E-state index is 12.1. The molecule has 1 N–H and O–H groups in total. The number of amides is 2. The van der Waals surface area contributed by atoms with Crippen LogP contribution in [0.3, 0.4) is 0 Å². The van der Waals surface area contributed by atoms with Crippen molar-refractivity contribution in [2.45, 2.75) is 18.2 Å². The lowest BCUT2D eigenvalue weighted by atomic mass is 10.1. The third-order valence-electron chi connectivity index (χ3n) is 3.32. The average molecular weight is 328 g/mol. The van der Waals surface area contributed by atoms with Gasteiger partial charge in [0, 0.05) is 24.7 Å². The van der Waals surface area contributed by atoms with E-state index in [2.05, 4.69) is 5.32 Å². The Morgan fingerprint density at radius 1 is 1.04 bits per heavy atom. The number of anilines is 1. The molecule has 0 bridgehead atoms. The number of hydrogen-bond acceptors (Lipinski definition) is 3. The predicted octanol–water partition coefficient (Wildman–Crippen LogP) is 3.95. The first-order valence-corrected chi connectivity index (χ1v) is 8.11. The van der Waals surface area contributed by atoms with Crippen LogP contribution in [0.4, 0.5) is 10.5 Å². The van der Waals surface area contributed by atoms with Gasteiger partial charge in [0.25, 0.3) is 5.24 Å². The van der Waals surface area contributed by atoms with Gasteiger partial charge in [-0.15, -0.1) is 0 Å². The van der Waals surface area contributed by atoms with Crippen molar-refractivity contribution in [2.24, 2.45) is 0 Å². The molecule has 0 aliphatic rings. The van der Waals surface area contributed by atoms with Gasteiger partial charge in [-0.25, -0.2) is 0 Å². The second-order valence-corrected chi connectivity index (χ2v) is 6.46. The lowest BCUT2D eigenvalue weighted by Gasteiger charge is -2.10. The largest absolute Gasteiger partial charge is 0.339 e. The fourth-order valence-corrected chi connectivity index (χ4v) is 2.64. The number of aryl methyl sites for hydroxylation is 1. The van der Waals surface area contributed by atoms with E-state index in [9.17, 15) is 9.59 Å². The van der Waals surface area contributed by atoms with Crippen LogP contribution >= 0.6 is 11.8 Å². The molecule has 0 unspecified atom stereocenters. The Labute approximate surface area is 140 Å². The van der Waals surface area contributed by atoms with Crippen LogP contribution in [0.2, 0.25) is 0 Å². The number of rotatable bonds is 4. The molecule has 2 rings (SSSR count). The number of hydrogen-bond donors (Lipinski definition) is 1. The van der Waals surface area contributed by atoms with Crippen LogP contribution in [0.25, 0.3) is 0 Å². The van der Waals surface area contributed by atoms with Crippen molar-refractivity contribution in [1.29, 1.82) is 0 Å². The van der Waals surface area contributed by atoms with Crippen LogP contribution in [0.15, 0.2) is 53.4 Å². The first-order valence-electron chi connectivity index (χ1n) is 7.29. The van der Waals surface area contributed by atoms with Gasteiger partial charge in [-0.2, -0.15) is 0 Å². The van der Waals surface area contributed by atoms with Crippen LogP contribution in [0.5, 0.6) is 0 Å². The number of thioether (sulfide) groups is 1. The normalized spacial score (nSPS) is 10.2. The summed E-state index contributed by atoms with van der Waals surface area (Å²) in [6.07, 6.45) is 0.349. The van der Waals surface area contributed by atoms with E-state index in [1.54, 1.807) is 26.2 Å².